The molecule has 0 saturated carbocycles. The van der Waals surface area contributed by atoms with E-state index in [1.807, 2.05) is 26.0 Å². The Morgan fingerprint density at radius 2 is 1.93 bits per heavy atom. The molecule has 2 atom stereocenters. The monoisotopic (exact) mass is 205 g/mol. The SMILES string of the molecule is CCC[C@@H](C)C(=O)[C@@H](C)c1ccncc1. The molecule has 0 bridgehead atoms. The Bertz CT molecular complexity index is 308. The fraction of sp³-hybridized carbons (Fsp3) is 0.538. The lowest BCUT2D eigenvalue weighted by atomic mass is 9.88. The molecule has 0 aromatic carbocycles. The summed E-state index contributed by atoms with van der Waals surface area (Å²) in [6.07, 6.45) is 5.53. The zero-order valence-corrected chi connectivity index (χ0v) is 9.73. The predicted molar refractivity (Wildman–Crippen MR) is 61.7 cm³/mol. The van der Waals surface area contributed by atoms with Crippen molar-refractivity contribution in [2.45, 2.75) is 39.5 Å². The van der Waals surface area contributed by atoms with Gasteiger partial charge in [-0.15, -0.1) is 0 Å². The second-order valence-electron chi connectivity index (χ2n) is 4.09. The number of nitrogens with zero attached hydrogens (tertiary/aromatic N) is 1. The van der Waals surface area contributed by atoms with Crippen LogP contribution in [0.4, 0.5) is 0 Å². The number of hydrogen-bond acceptors (Lipinski definition) is 2. The number of aromatic nitrogens is 1. The van der Waals surface area contributed by atoms with Crippen LogP contribution in [0.5, 0.6) is 0 Å². The summed E-state index contributed by atoms with van der Waals surface area (Å²) >= 11 is 0. The molecular weight excluding hydrogens is 186 g/mol. The van der Waals surface area contributed by atoms with Gasteiger partial charge in [0.2, 0.25) is 0 Å². The molecular formula is C13H19NO. The number of carbonyl (C=O) groups excluding carboxylic acids is 1. The van der Waals surface area contributed by atoms with Crippen LogP contribution in [0.1, 0.15) is 45.1 Å². The highest BCUT2D eigenvalue weighted by Gasteiger charge is 2.20. The van der Waals surface area contributed by atoms with E-state index in [0.29, 0.717) is 5.78 Å². The Morgan fingerprint density at radius 1 is 1.33 bits per heavy atom. The minimum absolute atomic E-state index is 0.00505. The minimum Gasteiger partial charge on any atom is -0.299 e. The van der Waals surface area contributed by atoms with Gasteiger partial charge in [0, 0.05) is 24.2 Å². The van der Waals surface area contributed by atoms with Crippen molar-refractivity contribution in [3.8, 4) is 0 Å². The topological polar surface area (TPSA) is 30.0 Å². The van der Waals surface area contributed by atoms with Gasteiger partial charge in [-0.1, -0.05) is 27.2 Å². The molecule has 0 radical (unpaired) electrons. The van der Waals surface area contributed by atoms with Crippen LogP contribution in [0.25, 0.3) is 0 Å². The molecule has 0 amide bonds. The lowest BCUT2D eigenvalue weighted by Crippen LogP contribution is -2.17. The summed E-state index contributed by atoms with van der Waals surface area (Å²) < 4.78 is 0. The highest BCUT2D eigenvalue weighted by Crippen LogP contribution is 2.21. The standard InChI is InChI=1S/C13H19NO/c1-4-5-10(2)13(15)11(3)12-6-8-14-9-7-12/h6-11H,4-5H2,1-3H3/t10-,11+/m1/s1. The smallest absolute Gasteiger partial charge is 0.142 e. The zero-order valence-electron chi connectivity index (χ0n) is 9.73. The van der Waals surface area contributed by atoms with Crippen LogP contribution in [-0.2, 0) is 4.79 Å². The third-order valence-corrected chi connectivity index (χ3v) is 2.84. The summed E-state index contributed by atoms with van der Waals surface area (Å²) in [5.74, 6) is 0.496. The van der Waals surface area contributed by atoms with E-state index < -0.39 is 0 Å². The van der Waals surface area contributed by atoms with Gasteiger partial charge in [0.15, 0.2) is 0 Å². The van der Waals surface area contributed by atoms with Crippen molar-refractivity contribution in [3.63, 3.8) is 0 Å². The van der Waals surface area contributed by atoms with E-state index in [-0.39, 0.29) is 11.8 Å². The molecule has 1 aromatic rings. The second kappa shape index (κ2) is 5.64. The van der Waals surface area contributed by atoms with E-state index in [9.17, 15) is 4.79 Å². The molecule has 0 spiro atoms. The Kier molecular flexibility index (Phi) is 4.47. The Labute approximate surface area is 91.7 Å². The average molecular weight is 205 g/mol. The molecule has 0 aliphatic heterocycles. The van der Waals surface area contributed by atoms with E-state index >= 15 is 0 Å². The van der Waals surface area contributed by atoms with Gasteiger partial charge in [-0.05, 0) is 24.1 Å². The summed E-state index contributed by atoms with van der Waals surface area (Å²) in [5.41, 5.74) is 1.07. The molecule has 15 heavy (non-hydrogen) atoms. The van der Waals surface area contributed by atoms with Crippen molar-refractivity contribution in [3.05, 3.63) is 30.1 Å². The van der Waals surface area contributed by atoms with Crippen molar-refractivity contribution < 1.29 is 4.79 Å². The van der Waals surface area contributed by atoms with Gasteiger partial charge < -0.3 is 0 Å². The minimum atomic E-state index is -0.00505. The third kappa shape index (κ3) is 3.15. The second-order valence-corrected chi connectivity index (χ2v) is 4.09. The van der Waals surface area contributed by atoms with Crippen molar-refractivity contribution in [2.24, 2.45) is 5.92 Å². The van der Waals surface area contributed by atoms with Gasteiger partial charge in [0.05, 0.1) is 0 Å². The molecule has 82 valence electrons. The molecule has 1 heterocycles. The number of pyridine rings is 1. The number of ketones is 1. The summed E-state index contributed by atoms with van der Waals surface area (Å²) in [6, 6.07) is 3.84. The molecule has 1 aromatic heterocycles. The van der Waals surface area contributed by atoms with Crippen molar-refractivity contribution in [2.75, 3.05) is 0 Å². The van der Waals surface area contributed by atoms with E-state index in [2.05, 4.69) is 11.9 Å². The first-order valence-electron chi connectivity index (χ1n) is 5.60. The van der Waals surface area contributed by atoms with E-state index in [0.717, 1.165) is 18.4 Å². The molecule has 0 aliphatic rings. The fourth-order valence-corrected chi connectivity index (χ4v) is 1.82. The lowest BCUT2D eigenvalue weighted by molar-refractivity contribution is -0.123. The molecule has 0 fully saturated rings. The number of carbonyl (C=O) groups is 1. The first kappa shape index (κ1) is 11.9. The van der Waals surface area contributed by atoms with Gasteiger partial charge in [-0.25, -0.2) is 0 Å². The van der Waals surface area contributed by atoms with Crippen LogP contribution in [-0.4, -0.2) is 10.8 Å². The van der Waals surface area contributed by atoms with Gasteiger partial charge in [0.1, 0.15) is 5.78 Å². The quantitative estimate of drug-likeness (QED) is 0.739. The van der Waals surface area contributed by atoms with Crippen LogP contribution in [0.2, 0.25) is 0 Å². The number of rotatable bonds is 5. The van der Waals surface area contributed by atoms with Crippen LogP contribution in [0.15, 0.2) is 24.5 Å². The van der Waals surface area contributed by atoms with E-state index in [1.54, 1.807) is 12.4 Å². The fourth-order valence-electron chi connectivity index (χ4n) is 1.82. The third-order valence-electron chi connectivity index (χ3n) is 2.84. The van der Waals surface area contributed by atoms with Crippen LogP contribution < -0.4 is 0 Å². The van der Waals surface area contributed by atoms with Crippen molar-refractivity contribution in [1.82, 2.24) is 4.98 Å². The number of Topliss-reactive ketones (excluding diaryl/α,β-unsaturated/α-hetero) is 1. The molecule has 2 nitrogen and oxygen atoms in total. The molecule has 0 N–H and O–H groups in total. The average Bonchev–Trinajstić information content (AvgIpc) is 2.28. The summed E-state index contributed by atoms with van der Waals surface area (Å²) in [7, 11) is 0. The highest BCUT2D eigenvalue weighted by molar-refractivity contribution is 5.87. The molecule has 1 rings (SSSR count). The highest BCUT2D eigenvalue weighted by atomic mass is 16.1. The summed E-state index contributed by atoms with van der Waals surface area (Å²) in [4.78, 5) is 16.0. The zero-order chi connectivity index (χ0) is 11.3. The van der Waals surface area contributed by atoms with Crippen LogP contribution >= 0.6 is 0 Å². The molecule has 0 unspecified atom stereocenters. The molecule has 0 saturated heterocycles. The van der Waals surface area contributed by atoms with Crippen LogP contribution in [0, 0.1) is 5.92 Å². The van der Waals surface area contributed by atoms with Crippen LogP contribution in [0.3, 0.4) is 0 Å². The molecule has 0 aliphatic carbocycles. The Balaban J connectivity index is 2.69. The first-order valence-corrected chi connectivity index (χ1v) is 5.60. The molecule has 2 heteroatoms. The van der Waals surface area contributed by atoms with Crippen molar-refractivity contribution >= 4 is 5.78 Å². The number of hydrogen-bond donors (Lipinski definition) is 0. The maximum atomic E-state index is 12.0. The summed E-state index contributed by atoms with van der Waals surface area (Å²) in [6.45, 7) is 6.11. The van der Waals surface area contributed by atoms with E-state index in [4.69, 9.17) is 0 Å². The maximum absolute atomic E-state index is 12.0. The van der Waals surface area contributed by atoms with Gasteiger partial charge in [-0.2, -0.15) is 0 Å². The Hall–Kier alpha value is -1.18. The van der Waals surface area contributed by atoms with Gasteiger partial charge in [-0.3, -0.25) is 9.78 Å². The summed E-state index contributed by atoms with van der Waals surface area (Å²) in [5, 5.41) is 0. The predicted octanol–water partition coefficient (Wildman–Crippen LogP) is 3.19. The van der Waals surface area contributed by atoms with E-state index in [1.165, 1.54) is 0 Å². The Morgan fingerprint density at radius 3 is 2.47 bits per heavy atom. The maximum Gasteiger partial charge on any atom is 0.142 e. The van der Waals surface area contributed by atoms with Crippen molar-refractivity contribution in [1.29, 1.82) is 0 Å². The first-order chi connectivity index (χ1) is 7.16. The lowest BCUT2D eigenvalue weighted by Gasteiger charge is -2.15. The normalized spacial score (nSPS) is 14.6. The largest absolute Gasteiger partial charge is 0.299 e. The van der Waals surface area contributed by atoms with Gasteiger partial charge in [0.25, 0.3) is 0 Å². The van der Waals surface area contributed by atoms with Gasteiger partial charge >= 0.3 is 0 Å².